The van der Waals surface area contributed by atoms with E-state index in [0.717, 1.165) is 12.8 Å². The second kappa shape index (κ2) is 10.2. The summed E-state index contributed by atoms with van der Waals surface area (Å²) in [6.45, 7) is 6.11. The predicted molar refractivity (Wildman–Crippen MR) is 105 cm³/mol. The number of ether oxygens (including phenoxy) is 2. The van der Waals surface area contributed by atoms with Crippen molar-refractivity contribution >= 4 is 17.9 Å². The molecule has 2 aromatic rings. The lowest BCUT2D eigenvalue weighted by Crippen LogP contribution is -2.28. The lowest BCUT2D eigenvalue weighted by atomic mass is 10.1. The molecule has 0 radical (unpaired) electrons. The Morgan fingerprint density at radius 1 is 1.04 bits per heavy atom. The number of amides is 2. The number of carbonyl (C=O) groups is 2. The minimum absolute atomic E-state index is 0.213. The van der Waals surface area contributed by atoms with Crippen molar-refractivity contribution in [1.82, 2.24) is 5.32 Å². The quantitative estimate of drug-likeness (QED) is 0.694. The van der Waals surface area contributed by atoms with Crippen LogP contribution in [-0.2, 0) is 11.2 Å². The van der Waals surface area contributed by atoms with E-state index in [-0.39, 0.29) is 6.10 Å². The molecule has 0 aliphatic rings. The van der Waals surface area contributed by atoms with Gasteiger partial charge in [-0.05, 0) is 51.3 Å². The van der Waals surface area contributed by atoms with Crippen molar-refractivity contribution in [2.45, 2.75) is 39.7 Å². The number of nitrogens with one attached hydrogen (secondary N) is 2. The van der Waals surface area contributed by atoms with Crippen LogP contribution in [0.4, 0.5) is 15.3 Å². The summed E-state index contributed by atoms with van der Waals surface area (Å²) in [7, 11) is 0. The first-order valence-corrected chi connectivity index (χ1v) is 9.01. The fourth-order valence-electron chi connectivity index (χ4n) is 2.38. The van der Waals surface area contributed by atoms with Gasteiger partial charge in [0.15, 0.2) is 0 Å². The molecule has 2 N–H and O–H groups in total. The minimum atomic E-state index is -0.553. The van der Waals surface area contributed by atoms with Crippen molar-refractivity contribution < 1.29 is 19.1 Å². The average Bonchev–Trinajstić information content (AvgIpc) is 2.60. The lowest BCUT2D eigenvalue weighted by molar-refractivity contribution is 0.130. The fraction of sp³-hybridized carbons (Fsp3) is 0.333. The largest absolute Gasteiger partial charge is 0.447 e. The van der Waals surface area contributed by atoms with E-state index in [2.05, 4.69) is 41.8 Å². The van der Waals surface area contributed by atoms with Gasteiger partial charge in [-0.1, -0.05) is 35.9 Å². The normalized spacial score (nSPS) is 10.4. The summed E-state index contributed by atoms with van der Waals surface area (Å²) in [5.74, 6) is 0.341. The van der Waals surface area contributed by atoms with Gasteiger partial charge in [-0.25, -0.2) is 9.59 Å². The zero-order valence-corrected chi connectivity index (χ0v) is 16.0. The molecule has 2 rings (SSSR count). The minimum Gasteiger partial charge on any atom is -0.447 e. The van der Waals surface area contributed by atoms with Crippen LogP contribution >= 0.6 is 0 Å². The molecule has 6 nitrogen and oxygen atoms in total. The first-order valence-electron chi connectivity index (χ1n) is 9.01. The molecule has 2 aromatic carbocycles. The molecular weight excluding hydrogens is 344 g/mol. The molecule has 0 saturated carbocycles. The molecule has 0 aliphatic heterocycles. The molecule has 0 bridgehead atoms. The summed E-state index contributed by atoms with van der Waals surface area (Å²) in [5, 5.41) is 5.31. The summed E-state index contributed by atoms with van der Waals surface area (Å²) < 4.78 is 10.3. The Hall–Kier alpha value is -3.02. The summed E-state index contributed by atoms with van der Waals surface area (Å²) in [5.41, 5.74) is 2.96. The standard InChI is InChI=1S/C21H26N2O4/c1-15(2)26-21(25)23-18-7-4-8-19(14-18)27-20(24)22-13-5-6-17-11-9-16(3)10-12-17/h4,7-12,14-15H,5-6,13H2,1-3H3,(H,22,24)(H,23,25). The molecule has 2 amide bonds. The van der Waals surface area contributed by atoms with Gasteiger partial charge in [0.1, 0.15) is 5.75 Å². The smallest absolute Gasteiger partial charge is 0.412 e. The molecule has 27 heavy (non-hydrogen) atoms. The average molecular weight is 370 g/mol. The van der Waals surface area contributed by atoms with E-state index in [1.54, 1.807) is 38.1 Å². The maximum Gasteiger partial charge on any atom is 0.412 e. The molecule has 0 saturated heterocycles. The van der Waals surface area contributed by atoms with Crippen LogP contribution in [0.25, 0.3) is 0 Å². The van der Waals surface area contributed by atoms with Crippen molar-refractivity contribution in [3.63, 3.8) is 0 Å². The molecule has 0 spiro atoms. The van der Waals surface area contributed by atoms with E-state index in [0.29, 0.717) is 18.0 Å². The van der Waals surface area contributed by atoms with Gasteiger partial charge >= 0.3 is 12.2 Å². The number of carbonyl (C=O) groups excluding carboxylic acids is 2. The topological polar surface area (TPSA) is 76.7 Å². The molecule has 0 heterocycles. The van der Waals surface area contributed by atoms with Gasteiger partial charge in [0.25, 0.3) is 0 Å². The van der Waals surface area contributed by atoms with E-state index in [4.69, 9.17) is 9.47 Å². The molecule has 0 aromatic heterocycles. The van der Waals surface area contributed by atoms with Gasteiger partial charge in [-0.2, -0.15) is 0 Å². The van der Waals surface area contributed by atoms with E-state index >= 15 is 0 Å². The van der Waals surface area contributed by atoms with Crippen LogP contribution in [0.2, 0.25) is 0 Å². The summed E-state index contributed by atoms with van der Waals surface area (Å²) in [6.07, 6.45) is 0.414. The van der Waals surface area contributed by atoms with Crippen molar-refractivity contribution in [2.24, 2.45) is 0 Å². The van der Waals surface area contributed by atoms with Gasteiger partial charge in [-0.15, -0.1) is 0 Å². The van der Waals surface area contributed by atoms with Gasteiger partial charge in [0, 0.05) is 18.3 Å². The third kappa shape index (κ3) is 7.81. The van der Waals surface area contributed by atoms with Crippen LogP contribution in [0.5, 0.6) is 5.75 Å². The van der Waals surface area contributed by atoms with Crippen LogP contribution in [-0.4, -0.2) is 24.8 Å². The second-order valence-corrected chi connectivity index (χ2v) is 6.51. The Morgan fingerprint density at radius 2 is 1.78 bits per heavy atom. The Balaban J connectivity index is 1.74. The monoisotopic (exact) mass is 370 g/mol. The van der Waals surface area contributed by atoms with E-state index in [1.165, 1.54) is 11.1 Å². The Morgan fingerprint density at radius 3 is 2.48 bits per heavy atom. The molecular formula is C21H26N2O4. The number of anilines is 1. The molecule has 0 aliphatic carbocycles. The number of aryl methyl sites for hydroxylation is 2. The zero-order chi connectivity index (χ0) is 19.6. The van der Waals surface area contributed by atoms with Gasteiger partial charge < -0.3 is 14.8 Å². The Labute approximate surface area is 159 Å². The maximum absolute atomic E-state index is 11.9. The molecule has 0 atom stereocenters. The highest BCUT2D eigenvalue weighted by Crippen LogP contribution is 2.18. The highest BCUT2D eigenvalue weighted by atomic mass is 16.6. The van der Waals surface area contributed by atoms with E-state index in [1.807, 2.05) is 0 Å². The Bertz CT molecular complexity index is 757. The third-order valence-electron chi connectivity index (χ3n) is 3.67. The van der Waals surface area contributed by atoms with Crippen molar-refractivity contribution in [1.29, 1.82) is 0 Å². The summed E-state index contributed by atoms with van der Waals surface area (Å²) in [6, 6.07) is 14.9. The first kappa shape index (κ1) is 20.3. The summed E-state index contributed by atoms with van der Waals surface area (Å²) >= 11 is 0. The Kier molecular flexibility index (Phi) is 7.67. The fourth-order valence-corrected chi connectivity index (χ4v) is 2.38. The molecule has 0 unspecified atom stereocenters. The van der Waals surface area contributed by atoms with Crippen molar-refractivity contribution in [3.8, 4) is 5.75 Å². The lowest BCUT2D eigenvalue weighted by Gasteiger charge is -2.11. The van der Waals surface area contributed by atoms with Gasteiger partial charge in [0.2, 0.25) is 0 Å². The van der Waals surface area contributed by atoms with Crippen LogP contribution in [0.1, 0.15) is 31.4 Å². The highest BCUT2D eigenvalue weighted by molar-refractivity contribution is 5.85. The predicted octanol–water partition coefficient (Wildman–Crippen LogP) is 4.67. The maximum atomic E-state index is 11.9. The van der Waals surface area contributed by atoms with E-state index in [9.17, 15) is 9.59 Å². The number of benzene rings is 2. The van der Waals surface area contributed by atoms with Crippen molar-refractivity contribution in [3.05, 3.63) is 59.7 Å². The third-order valence-corrected chi connectivity index (χ3v) is 3.67. The van der Waals surface area contributed by atoms with Crippen LogP contribution in [0.15, 0.2) is 48.5 Å². The van der Waals surface area contributed by atoms with Crippen LogP contribution in [0, 0.1) is 6.92 Å². The summed E-state index contributed by atoms with van der Waals surface area (Å²) in [4.78, 5) is 23.5. The molecule has 144 valence electrons. The van der Waals surface area contributed by atoms with Crippen molar-refractivity contribution in [2.75, 3.05) is 11.9 Å². The highest BCUT2D eigenvalue weighted by Gasteiger charge is 2.08. The molecule has 6 heteroatoms. The van der Waals surface area contributed by atoms with Crippen LogP contribution < -0.4 is 15.4 Å². The number of rotatable bonds is 7. The SMILES string of the molecule is Cc1ccc(CCCNC(=O)Oc2cccc(NC(=O)OC(C)C)c2)cc1. The first-order chi connectivity index (χ1) is 12.9. The zero-order valence-electron chi connectivity index (χ0n) is 16.0. The van der Waals surface area contributed by atoms with Gasteiger partial charge in [0.05, 0.1) is 6.10 Å². The molecule has 0 fully saturated rings. The number of hydrogen-bond acceptors (Lipinski definition) is 4. The van der Waals surface area contributed by atoms with Crippen LogP contribution in [0.3, 0.4) is 0 Å². The second-order valence-electron chi connectivity index (χ2n) is 6.51. The van der Waals surface area contributed by atoms with E-state index < -0.39 is 12.2 Å². The van der Waals surface area contributed by atoms with Gasteiger partial charge in [-0.3, -0.25) is 5.32 Å². The number of hydrogen-bond donors (Lipinski definition) is 2.